The molecule has 0 N–H and O–H groups in total. The molecular formula is C13H14F3N3O4. The van der Waals surface area contributed by atoms with Gasteiger partial charge in [0.05, 0.1) is 23.2 Å². The molecule has 0 saturated heterocycles. The number of methoxy groups -OCH3 is 1. The lowest BCUT2D eigenvalue weighted by Crippen LogP contribution is -2.32. The van der Waals surface area contributed by atoms with Crippen LogP contribution in [-0.2, 0) is 11.3 Å². The first-order valence-corrected chi connectivity index (χ1v) is 6.62. The number of fused-ring (bicyclic) bond motifs is 1. The van der Waals surface area contributed by atoms with Crippen LogP contribution in [0.5, 0.6) is 0 Å². The van der Waals surface area contributed by atoms with Crippen LogP contribution >= 0.6 is 0 Å². The van der Waals surface area contributed by atoms with Gasteiger partial charge in [0, 0.05) is 19.9 Å². The Kier molecular flexibility index (Phi) is 4.46. The molecule has 23 heavy (non-hydrogen) atoms. The Morgan fingerprint density at radius 3 is 2.61 bits per heavy atom. The normalized spacial score (nSPS) is 13.4. The smallest absolute Gasteiger partial charge is 0.383 e. The van der Waals surface area contributed by atoms with Crippen molar-refractivity contribution < 1.29 is 22.8 Å². The van der Waals surface area contributed by atoms with Crippen molar-refractivity contribution in [3.63, 3.8) is 0 Å². The van der Waals surface area contributed by atoms with Crippen LogP contribution in [0, 0.1) is 10.1 Å². The van der Waals surface area contributed by atoms with Gasteiger partial charge in [-0.3, -0.25) is 14.9 Å². The van der Waals surface area contributed by atoms with Crippen molar-refractivity contribution in [1.29, 1.82) is 0 Å². The molecule has 2 aromatic rings. The van der Waals surface area contributed by atoms with Gasteiger partial charge in [-0.05, 0) is 13.0 Å². The van der Waals surface area contributed by atoms with Crippen LogP contribution in [0.15, 0.2) is 23.3 Å². The summed E-state index contributed by atoms with van der Waals surface area (Å²) in [5, 5.41) is 10.8. The number of halogens is 3. The van der Waals surface area contributed by atoms with Crippen LogP contribution in [0.3, 0.4) is 0 Å². The molecule has 0 spiro atoms. The SMILES string of the molecule is COCCn1cc([N+](=O)[O-])c2c(=O)n(C(C)C(F)(F)F)ccc21. The molecule has 7 nitrogen and oxygen atoms in total. The number of hydrogen-bond donors (Lipinski definition) is 0. The van der Waals surface area contributed by atoms with E-state index in [0.29, 0.717) is 4.57 Å². The van der Waals surface area contributed by atoms with E-state index in [9.17, 15) is 28.1 Å². The zero-order valence-electron chi connectivity index (χ0n) is 12.3. The molecule has 2 aromatic heterocycles. The first kappa shape index (κ1) is 17.0. The number of ether oxygens (including phenoxy) is 1. The zero-order chi connectivity index (χ0) is 17.4. The maximum Gasteiger partial charge on any atom is 0.408 e. The third kappa shape index (κ3) is 3.07. The van der Waals surface area contributed by atoms with Gasteiger partial charge in [-0.15, -0.1) is 0 Å². The van der Waals surface area contributed by atoms with Crippen LogP contribution in [0.1, 0.15) is 13.0 Å². The Bertz CT molecular complexity index is 794. The molecule has 2 rings (SSSR count). The maximum absolute atomic E-state index is 12.8. The first-order chi connectivity index (χ1) is 10.7. The van der Waals surface area contributed by atoms with E-state index in [1.54, 1.807) is 0 Å². The van der Waals surface area contributed by atoms with Gasteiger partial charge in [0.2, 0.25) is 0 Å². The Morgan fingerprint density at radius 1 is 1.43 bits per heavy atom. The summed E-state index contributed by atoms with van der Waals surface area (Å²) in [6.45, 7) is 1.29. The number of hydrogen-bond acceptors (Lipinski definition) is 4. The predicted molar refractivity (Wildman–Crippen MR) is 75.5 cm³/mol. The Labute approximate surface area is 128 Å². The van der Waals surface area contributed by atoms with E-state index in [1.807, 2.05) is 0 Å². The molecular weight excluding hydrogens is 319 g/mol. The molecule has 0 bridgehead atoms. The lowest BCUT2D eigenvalue weighted by atomic mass is 10.2. The van der Waals surface area contributed by atoms with Crippen molar-refractivity contribution in [1.82, 2.24) is 9.13 Å². The molecule has 0 saturated carbocycles. The minimum Gasteiger partial charge on any atom is -0.383 e. The third-order valence-electron chi connectivity index (χ3n) is 3.57. The minimum absolute atomic E-state index is 0.198. The average molecular weight is 333 g/mol. The van der Waals surface area contributed by atoms with Crippen LogP contribution in [0.4, 0.5) is 18.9 Å². The van der Waals surface area contributed by atoms with Crippen LogP contribution in [0.2, 0.25) is 0 Å². The number of nitro groups is 1. The highest BCUT2D eigenvalue weighted by molar-refractivity contribution is 5.88. The molecule has 0 aliphatic heterocycles. The summed E-state index contributed by atoms with van der Waals surface area (Å²) < 4.78 is 45.2. The highest BCUT2D eigenvalue weighted by Gasteiger charge is 2.38. The van der Waals surface area contributed by atoms with Crippen LogP contribution in [0.25, 0.3) is 10.9 Å². The number of aromatic nitrogens is 2. The van der Waals surface area contributed by atoms with Crippen molar-refractivity contribution in [3.05, 3.63) is 38.9 Å². The number of alkyl halides is 3. The number of nitrogens with zero attached hydrogens (tertiary/aromatic N) is 3. The first-order valence-electron chi connectivity index (χ1n) is 6.62. The summed E-state index contributed by atoms with van der Waals surface area (Å²) in [7, 11) is 1.44. The lowest BCUT2D eigenvalue weighted by Gasteiger charge is -2.18. The molecule has 0 amide bonds. The Hall–Kier alpha value is -2.36. The van der Waals surface area contributed by atoms with Gasteiger partial charge in [0.15, 0.2) is 0 Å². The van der Waals surface area contributed by atoms with Gasteiger partial charge in [-0.25, -0.2) is 0 Å². The summed E-state index contributed by atoms with van der Waals surface area (Å²) in [4.78, 5) is 22.7. The fourth-order valence-electron chi connectivity index (χ4n) is 2.28. The van der Waals surface area contributed by atoms with E-state index < -0.39 is 28.4 Å². The summed E-state index contributed by atoms with van der Waals surface area (Å²) in [5.41, 5.74) is -1.37. The summed E-state index contributed by atoms with van der Waals surface area (Å²) in [5.74, 6) is 0. The van der Waals surface area contributed by atoms with Gasteiger partial charge in [-0.2, -0.15) is 13.2 Å². The molecule has 10 heteroatoms. The predicted octanol–water partition coefficient (Wildman–Crippen LogP) is 2.48. The molecule has 1 unspecified atom stereocenters. The molecule has 2 heterocycles. The second-order valence-corrected chi connectivity index (χ2v) is 4.96. The van der Waals surface area contributed by atoms with Crippen molar-refractivity contribution in [2.24, 2.45) is 0 Å². The van der Waals surface area contributed by atoms with E-state index in [1.165, 1.54) is 17.7 Å². The van der Waals surface area contributed by atoms with E-state index in [-0.39, 0.29) is 24.1 Å². The van der Waals surface area contributed by atoms with Gasteiger partial charge in [-0.1, -0.05) is 0 Å². The van der Waals surface area contributed by atoms with Gasteiger partial charge in [0.25, 0.3) is 11.2 Å². The van der Waals surface area contributed by atoms with Crippen molar-refractivity contribution in [2.45, 2.75) is 25.7 Å². The molecule has 0 fully saturated rings. The largest absolute Gasteiger partial charge is 0.408 e. The standard InChI is InChI=1S/C13H14F3N3O4/c1-8(13(14,15)16)18-4-3-9-11(12(18)20)10(19(21)22)7-17(9)5-6-23-2/h3-4,7-8H,5-6H2,1-2H3. The fraction of sp³-hybridized carbons (Fsp3) is 0.462. The minimum atomic E-state index is -4.63. The van der Waals surface area contributed by atoms with Crippen molar-refractivity contribution in [3.8, 4) is 0 Å². The monoisotopic (exact) mass is 333 g/mol. The van der Waals surface area contributed by atoms with Crippen LogP contribution < -0.4 is 5.56 Å². The quantitative estimate of drug-likeness (QED) is 0.622. The maximum atomic E-state index is 12.8. The van der Waals surface area contributed by atoms with Crippen molar-refractivity contribution in [2.75, 3.05) is 13.7 Å². The molecule has 126 valence electrons. The Morgan fingerprint density at radius 2 is 2.09 bits per heavy atom. The second kappa shape index (κ2) is 6.03. The second-order valence-electron chi connectivity index (χ2n) is 4.96. The molecule has 0 aliphatic carbocycles. The van der Waals surface area contributed by atoms with Crippen LogP contribution in [-0.4, -0.2) is 34.0 Å². The topological polar surface area (TPSA) is 79.3 Å². The molecule has 1 atom stereocenters. The van der Waals surface area contributed by atoms with E-state index in [2.05, 4.69) is 0 Å². The zero-order valence-corrected chi connectivity index (χ0v) is 12.3. The highest BCUT2D eigenvalue weighted by atomic mass is 19.4. The molecule has 0 radical (unpaired) electrons. The number of rotatable bonds is 5. The Balaban J connectivity index is 2.71. The average Bonchev–Trinajstić information content (AvgIpc) is 2.83. The van der Waals surface area contributed by atoms with Gasteiger partial charge >= 0.3 is 6.18 Å². The molecule has 0 aliphatic rings. The van der Waals surface area contributed by atoms with E-state index in [4.69, 9.17) is 4.74 Å². The van der Waals surface area contributed by atoms with E-state index >= 15 is 0 Å². The highest BCUT2D eigenvalue weighted by Crippen LogP contribution is 2.31. The van der Waals surface area contributed by atoms with E-state index in [0.717, 1.165) is 19.3 Å². The summed E-state index contributed by atoms with van der Waals surface area (Å²) in [6.07, 6.45) is -2.51. The summed E-state index contributed by atoms with van der Waals surface area (Å²) in [6, 6.07) is -0.817. The summed E-state index contributed by atoms with van der Waals surface area (Å²) >= 11 is 0. The molecule has 0 aromatic carbocycles. The lowest BCUT2D eigenvalue weighted by molar-refractivity contribution is -0.383. The van der Waals surface area contributed by atoms with Crippen molar-refractivity contribution >= 4 is 16.6 Å². The van der Waals surface area contributed by atoms with Gasteiger partial charge in [0.1, 0.15) is 11.4 Å². The number of pyridine rings is 1. The van der Waals surface area contributed by atoms with Gasteiger partial charge < -0.3 is 13.9 Å². The fourth-order valence-corrected chi connectivity index (χ4v) is 2.28. The third-order valence-corrected chi connectivity index (χ3v) is 3.57.